The number of amides is 3. The Labute approximate surface area is 185 Å². The Morgan fingerprint density at radius 1 is 1.10 bits per heavy atom. The maximum absolute atomic E-state index is 12.5. The van der Waals surface area contributed by atoms with Gasteiger partial charge in [0.2, 0.25) is 5.91 Å². The molecule has 162 valence electrons. The van der Waals surface area contributed by atoms with Crippen LogP contribution in [0.25, 0.3) is 6.08 Å². The van der Waals surface area contributed by atoms with Gasteiger partial charge in [0.05, 0.1) is 4.91 Å². The number of benzene rings is 2. The molecule has 3 rings (SSSR count). The Balaban J connectivity index is 1.54. The van der Waals surface area contributed by atoms with Crippen molar-refractivity contribution in [2.24, 2.45) is 0 Å². The Kier molecular flexibility index (Phi) is 8.26. The predicted octanol–water partition coefficient (Wildman–Crippen LogP) is 3.45. The van der Waals surface area contributed by atoms with Gasteiger partial charge >= 0.3 is 0 Å². The van der Waals surface area contributed by atoms with E-state index in [0.29, 0.717) is 31.9 Å². The molecule has 1 heterocycles. The number of hydrogen-bond acceptors (Lipinski definition) is 6. The lowest BCUT2D eigenvalue weighted by molar-refractivity contribution is -0.129. The number of thioether (sulfide) groups is 1. The fraction of sp³-hybridized carbons (Fsp3) is 0.261. The molecule has 3 amide bonds. The van der Waals surface area contributed by atoms with Crippen LogP contribution in [0.15, 0.2) is 59.5 Å². The maximum atomic E-state index is 12.5. The van der Waals surface area contributed by atoms with Gasteiger partial charge in [-0.1, -0.05) is 42.5 Å². The van der Waals surface area contributed by atoms with Crippen molar-refractivity contribution in [3.8, 4) is 5.75 Å². The van der Waals surface area contributed by atoms with Gasteiger partial charge in [-0.05, 0) is 47.5 Å². The molecule has 0 atom stereocenters. The molecule has 0 aromatic heterocycles. The quantitative estimate of drug-likeness (QED) is 0.450. The zero-order chi connectivity index (χ0) is 22.1. The van der Waals surface area contributed by atoms with Crippen LogP contribution in [0.1, 0.15) is 17.5 Å². The normalized spacial score (nSPS) is 14.9. The lowest BCUT2D eigenvalue weighted by atomic mass is 10.2. The van der Waals surface area contributed by atoms with E-state index in [4.69, 9.17) is 9.47 Å². The maximum Gasteiger partial charge on any atom is 0.294 e. The van der Waals surface area contributed by atoms with E-state index >= 15 is 0 Å². The molecule has 1 N–H and O–H groups in total. The van der Waals surface area contributed by atoms with Gasteiger partial charge < -0.3 is 14.8 Å². The second kappa shape index (κ2) is 11.3. The topological polar surface area (TPSA) is 84.9 Å². The van der Waals surface area contributed by atoms with Gasteiger partial charge in [0.25, 0.3) is 11.1 Å². The van der Waals surface area contributed by atoms with Gasteiger partial charge in [0.1, 0.15) is 18.9 Å². The van der Waals surface area contributed by atoms with Gasteiger partial charge in [0, 0.05) is 20.3 Å². The second-order valence-corrected chi connectivity index (χ2v) is 7.80. The fourth-order valence-electron chi connectivity index (χ4n) is 2.83. The van der Waals surface area contributed by atoms with Crippen LogP contribution in [0.3, 0.4) is 0 Å². The Morgan fingerprint density at radius 2 is 1.84 bits per heavy atom. The van der Waals surface area contributed by atoms with Crippen LogP contribution in [0, 0.1) is 0 Å². The molecule has 0 spiro atoms. The van der Waals surface area contributed by atoms with Crippen molar-refractivity contribution < 1.29 is 23.9 Å². The summed E-state index contributed by atoms with van der Waals surface area (Å²) >= 11 is 0.830. The molecule has 1 aliphatic rings. The molecule has 7 nitrogen and oxygen atoms in total. The number of nitrogens with zero attached hydrogens (tertiary/aromatic N) is 1. The SMILES string of the molecule is COCCCNC(=O)CN1C(=O)S/C(=C\c2ccc(OCc3ccccc3)cc2)C1=O. The van der Waals surface area contributed by atoms with E-state index in [0.717, 1.165) is 27.8 Å². The summed E-state index contributed by atoms with van der Waals surface area (Å²) in [6.07, 6.45) is 2.30. The van der Waals surface area contributed by atoms with Gasteiger partial charge in [-0.3, -0.25) is 19.3 Å². The summed E-state index contributed by atoms with van der Waals surface area (Å²) in [6, 6.07) is 17.1. The predicted molar refractivity (Wildman–Crippen MR) is 119 cm³/mol. The molecule has 0 saturated carbocycles. The minimum atomic E-state index is -0.466. The molecule has 31 heavy (non-hydrogen) atoms. The number of hydrogen-bond donors (Lipinski definition) is 1. The first-order valence-electron chi connectivity index (χ1n) is 9.84. The van der Waals surface area contributed by atoms with Gasteiger partial charge in [-0.15, -0.1) is 0 Å². The summed E-state index contributed by atoms with van der Waals surface area (Å²) in [4.78, 5) is 38.0. The molecular formula is C23H24N2O5S. The number of carbonyl (C=O) groups excluding carboxylic acids is 3. The molecular weight excluding hydrogens is 416 g/mol. The minimum absolute atomic E-state index is 0.287. The monoisotopic (exact) mass is 440 g/mol. The first kappa shape index (κ1) is 22.6. The number of nitrogens with one attached hydrogen (secondary N) is 1. The zero-order valence-electron chi connectivity index (χ0n) is 17.2. The average Bonchev–Trinajstić information content (AvgIpc) is 3.04. The van der Waals surface area contributed by atoms with Gasteiger partial charge in [-0.2, -0.15) is 0 Å². The molecule has 8 heteroatoms. The molecule has 0 bridgehead atoms. The highest BCUT2D eigenvalue weighted by Crippen LogP contribution is 2.32. The molecule has 0 aliphatic carbocycles. The zero-order valence-corrected chi connectivity index (χ0v) is 18.0. The van der Waals surface area contributed by atoms with Crippen LogP contribution in [-0.2, 0) is 20.9 Å². The van der Waals surface area contributed by atoms with E-state index in [1.54, 1.807) is 13.2 Å². The van der Waals surface area contributed by atoms with Crippen LogP contribution in [0.2, 0.25) is 0 Å². The van der Waals surface area contributed by atoms with Crippen LogP contribution in [0.5, 0.6) is 5.75 Å². The van der Waals surface area contributed by atoms with E-state index in [-0.39, 0.29) is 17.4 Å². The smallest absolute Gasteiger partial charge is 0.294 e. The highest BCUT2D eigenvalue weighted by molar-refractivity contribution is 8.18. The molecule has 0 radical (unpaired) electrons. The fourth-order valence-corrected chi connectivity index (χ4v) is 3.67. The summed E-state index contributed by atoms with van der Waals surface area (Å²) < 4.78 is 10.7. The second-order valence-electron chi connectivity index (χ2n) is 6.81. The van der Waals surface area contributed by atoms with Crippen LogP contribution in [0.4, 0.5) is 4.79 Å². The number of methoxy groups -OCH3 is 1. The summed E-state index contributed by atoms with van der Waals surface area (Å²) in [5.41, 5.74) is 1.84. The molecule has 1 saturated heterocycles. The Bertz CT molecular complexity index is 944. The molecule has 1 aliphatic heterocycles. The lowest BCUT2D eigenvalue weighted by Gasteiger charge is -2.12. The average molecular weight is 441 g/mol. The summed E-state index contributed by atoms with van der Waals surface area (Å²) in [5, 5.41) is 2.22. The highest BCUT2D eigenvalue weighted by atomic mass is 32.2. The summed E-state index contributed by atoms with van der Waals surface area (Å²) in [5.74, 6) is -0.134. The van der Waals surface area contributed by atoms with Gasteiger partial charge in [-0.25, -0.2) is 0 Å². The lowest BCUT2D eigenvalue weighted by Crippen LogP contribution is -2.39. The van der Waals surface area contributed by atoms with Crippen molar-refractivity contribution in [3.05, 3.63) is 70.6 Å². The van der Waals surface area contributed by atoms with E-state index < -0.39 is 11.1 Å². The summed E-state index contributed by atoms with van der Waals surface area (Å²) in [7, 11) is 1.58. The molecule has 0 unspecified atom stereocenters. The summed E-state index contributed by atoms with van der Waals surface area (Å²) in [6.45, 7) is 1.13. The van der Waals surface area contributed by atoms with Crippen molar-refractivity contribution in [2.45, 2.75) is 13.0 Å². The van der Waals surface area contributed by atoms with Crippen molar-refractivity contribution in [1.29, 1.82) is 0 Å². The Morgan fingerprint density at radius 3 is 2.55 bits per heavy atom. The van der Waals surface area contributed by atoms with E-state index in [1.165, 1.54) is 0 Å². The van der Waals surface area contributed by atoms with Crippen LogP contribution in [-0.4, -0.2) is 48.8 Å². The Hall–Kier alpha value is -3.10. The third kappa shape index (κ3) is 6.70. The third-order valence-corrected chi connectivity index (χ3v) is 5.36. The van der Waals surface area contributed by atoms with E-state index in [1.807, 2.05) is 54.6 Å². The number of ether oxygens (including phenoxy) is 2. The molecule has 2 aromatic carbocycles. The van der Waals surface area contributed by atoms with Crippen molar-refractivity contribution in [1.82, 2.24) is 10.2 Å². The van der Waals surface area contributed by atoms with Crippen molar-refractivity contribution in [2.75, 3.05) is 26.8 Å². The van der Waals surface area contributed by atoms with E-state index in [2.05, 4.69) is 5.32 Å². The largest absolute Gasteiger partial charge is 0.489 e. The number of carbonyl (C=O) groups is 3. The van der Waals surface area contributed by atoms with Gasteiger partial charge in [0.15, 0.2) is 0 Å². The van der Waals surface area contributed by atoms with Crippen molar-refractivity contribution >= 4 is 34.9 Å². The highest BCUT2D eigenvalue weighted by Gasteiger charge is 2.36. The van der Waals surface area contributed by atoms with Crippen LogP contribution >= 0.6 is 11.8 Å². The molecule has 1 fully saturated rings. The first-order valence-corrected chi connectivity index (χ1v) is 10.7. The number of imide groups is 1. The van der Waals surface area contributed by atoms with Crippen molar-refractivity contribution in [3.63, 3.8) is 0 Å². The minimum Gasteiger partial charge on any atom is -0.489 e. The molecule has 2 aromatic rings. The first-order chi connectivity index (χ1) is 15.1. The van der Waals surface area contributed by atoms with Crippen LogP contribution < -0.4 is 10.1 Å². The van der Waals surface area contributed by atoms with E-state index in [9.17, 15) is 14.4 Å². The standard InChI is InChI=1S/C23H24N2O5S/c1-29-13-5-12-24-21(26)15-25-22(27)20(31-23(25)28)14-17-8-10-19(11-9-17)30-16-18-6-3-2-4-7-18/h2-4,6-11,14H,5,12-13,15-16H2,1H3,(H,24,26)/b20-14-. The third-order valence-electron chi connectivity index (χ3n) is 4.45. The number of rotatable bonds is 10.